The van der Waals surface area contributed by atoms with Crippen LogP contribution >= 0.6 is 0 Å². The summed E-state index contributed by atoms with van der Waals surface area (Å²) in [7, 11) is 1.56. The summed E-state index contributed by atoms with van der Waals surface area (Å²) in [4.78, 5) is 11.9. The number of hydrogen-bond donors (Lipinski definition) is 2. The molecule has 0 fully saturated rings. The van der Waals surface area contributed by atoms with Crippen molar-refractivity contribution < 1.29 is 27.5 Å². The van der Waals surface area contributed by atoms with Gasteiger partial charge in [0.2, 0.25) is 5.91 Å². The van der Waals surface area contributed by atoms with Crippen molar-refractivity contribution in [2.75, 3.05) is 0 Å². The molecule has 0 saturated carbocycles. The van der Waals surface area contributed by atoms with E-state index < -0.39 is 36.5 Å². The molecule has 0 unspecified atom stereocenters. The Hall–Kier alpha value is -2.35. The first-order chi connectivity index (χ1) is 11.2. The van der Waals surface area contributed by atoms with Gasteiger partial charge < -0.3 is 15.0 Å². The van der Waals surface area contributed by atoms with E-state index in [0.29, 0.717) is 0 Å². The van der Waals surface area contributed by atoms with Gasteiger partial charge in [0, 0.05) is 25.0 Å². The number of rotatable bonds is 5. The molecule has 1 amide bonds. The topological polar surface area (TPSA) is 54.3 Å². The SMILES string of the molecule is Cn1ccc([C@@H](NC(=O)C[C@@H](O)c2cccc(F)c2)C(F)(F)F)c1. The minimum absolute atomic E-state index is 0.112. The van der Waals surface area contributed by atoms with Crippen LogP contribution in [0.5, 0.6) is 0 Å². The van der Waals surface area contributed by atoms with Gasteiger partial charge in [-0.2, -0.15) is 13.2 Å². The van der Waals surface area contributed by atoms with Crippen LogP contribution in [0.3, 0.4) is 0 Å². The molecular weight excluding hydrogens is 328 g/mol. The Balaban J connectivity index is 2.08. The minimum Gasteiger partial charge on any atom is -0.388 e. The highest BCUT2D eigenvalue weighted by Crippen LogP contribution is 2.33. The molecule has 0 radical (unpaired) electrons. The van der Waals surface area contributed by atoms with Gasteiger partial charge in [-0.15, -0.1) is 0 Å². The van der Waals surface area contributed by atoms with E-state index in [0.717, 1.165) is 12.1 Å². The summed E-state index contributed by atoms with van der Waals surface area (Å²) < 4.78 is 54.0. The number of carbonyl (C=O) groups excluding carboxylic acids is 1. The molecule has 1 heterocycles. The van der Waals surface area contributed by atoms with Gasteiger partial charge in [0.15, 0.2) is 6.04 Å². The number of halogens is 4. The smallest absolute Gasteiger partial charge is 0.388 e. The quantitative estimate of drug-likeness (QED) is 0.820. The molecule has 2 rings (SSSR count). The van der Waals surface area contributed by atoms with Crippen LogP contribution in [0, 0.1) is 5.82 Å². The number of alkyl halides is 3. The maximum Gasteiger partial charge on any atom is 0.412 e. The first kappa shape index (κ1) is 18.0. The molecule has 0 aliphatic carbocycles. The van der Waals surface area contributed by atoms with Gasteiger partial charge in [0.05, 0.1) is 12.5 Å². The highest BCUT2D eigenvalue weighted by atomic mass is 19.4. The number of aromatic nitrogens is 1. The average Bonchev–Trinajstić information content (AvgIpc) is 2.89. The van der Waals surface area contributed by atoms with Gasteiger partial charge in [0.1, 0.15) is 5.82 Å². The summed E-state index contributed by atoms with van der Waals surface area (Å²) in [5.74, 6) is -1.60. The molecule has 0 saturated heterocycles. The van der Waals surface area contributed by atoms with Crippen molar-refractivity contribution in [2.45, 2.75) is 24.7 Å². The number of aliphatic hydroxyl groups excluding tert-OH is 1. The lowest BCUT2D eigenvalue weighted by Crippen LogP contribution is -2.38. The van der Waals surface area contributed by atoms with Gasteiger partial charge in [-0.25, -0.2) is 4.39 Å². The van der Waals surface area contributed by atoms with Gasteiger partial charge >= 0.3 is 6.18 Å². The van der Waals surface area contributed by atoms with Crippen LogP contribution < -0.4 is 5.32 Å². The molecular formula is C16H16F4N2O2. The van der Waals surface area contributed by atoms with E-state index in [1.54, 1.807) is 7.05 Å². The molecule has 0 aliphatic rings. The fourth-order valence-corrected chi connectivity index (χ4v) is 2.28. The second kappa shape index (κ2) is 7.04. The van der Waals surface area contributed by atoms with E-state index in [9.17, 15) is 27.5 Å². The van der Waals surface area contributed by atoms with E-state index in [1.165, 1.54) is 35.2 Å². The molecule has 4 nitrogen and oxygen atoms in total. The number of aliphatic hydroxyl groups is 1. The van der Waals surface area contributed by atoms with Crippen molar-refractivity contribution >= 4 is 5.91 Å². The Labute approximate surface area is 135 Å². The van der Waals surface area contributed by atoms with Crippen LogP contribution in [0.15, 0.2) is 42.7 Å². The Bertz CT molecular complexity index is 712. The van der Waals surface area contributed by atoms with Crippen molar-refractivity contribution in [3.8, 4) is 0 Å². The van der Waals surface area contributed by atoms with Gasteiger partial charge in [-0.3, -0.25) is 4.79 Å². The molecule has 2 atom stereocenters. The Morgan fingerprint density at radius 3 is 2.54 bits per heavy atom. The predicted octanol–water partition coefficient (Wildman–Crippen LogP) is 3.01. The third kappa shape index (κ3) is 4.58. The lowest BCUT2D eigenvalue weighted by Gasteiger charge is -2.21. The molecule has 2 aromatic rings. The monoisotopic (exact) mass is 344 g/mol. The zero-order valence-electron chi connectivity index (χ0n) is 12.7. The number of benzene rings is 1. The number of nitrogens with one attached hydrogen (secondary N) is 1. The van der Waals surface area contributed by atoms with E-state index in [1.807, 2.05) is 5.32 Å². The summed E-state index contributed by atoms with van der Waals surface area (Å²) in [5, 5.41) is 11.8. The lowest BCUT2D eigenvalue weighted by atomic mass is 10.1. The number of hydrogen-bond acceptors (Lipinski definition) is 2. The van der Waals surface area contributed by atoms with E-state index in [4.69, 9.17) is 0 Å². The van der Waals surface area contributed by atoms with Crippen molar-refractivity contribution in [2.24, 2.45) is 7.05 Å². The van der Waals surface area contributed by atoms with E-state index in [-0.39, 0.29) is 11.1 Å². The summed E-state index contributed by atoms with van der Waals surface area (Å²) in [6.07, 6.45) is -4.00. The Morgan fingerprint density at radius 1 is 1.29 bits per heavy atom. The largest absolute Gasteiger partial charge is 0.412 e. The summed E-state index contributed by atoms with van der Waals surface area (Å²) in [6.45, 7) is 0. The number of aryl methyl sites for hydroxylation is 1. The first-order valence-electron chi connectivity index (χ1n) is 7.08. The zero-order valence-corrected chi connectivity index (χ0v) is 12.7. The second-order valence-electron chi connectivity index (χ2n) is 5.43. The first-order valence-corrected chi connectivity index (χ1v) is 7.08. The normalized spacial score (nSPS) is 14.2. The minimum atomic E-state index is -4.68. The molecule has 0 aliphatic heterocycles. The Kier molecular flexibility index (Phi) is 5.28. The highest BCUT2D eigenvalue weighted by Gasteiger charge is 2.42. The number of amides is 1. The maximum atomic E-state index is 13.2. The van der Waals surface area contributed by atoms with Gasteiger partial charge in [0.25, 0.3) is 0 Å². The molecule has 1 aromatic carbocycles. The molecule has 1 aromatic heterocycles. The fraction of sp³-hybridized carbons (Fsp3) is 0.312. The van der Waals surface area contributed by atoms with Crippen LogP contribution in [-0.2, 0) is 11.8 Å². The summed E-state index contributed by atoms with van der Waals surface area (Å²) in [5.41, 5.74) is 0.00650. The summed E-state index contributed by atoms with van der Waals surface area (Å²) in [6, 6.07) is 3.99. The molecule has 130 valence electrons. The third-order valence-corrected chi connectivity index (χ3v) is 3.43. The standard InChI is InChI=1S/C16H16F4N2O2/c1-22-6-5-11(9-22)15(16(18,19)20)21-14(24)8-13(23)10-3-2-4-12(17)7-10/h2-7,9,13,15,23H,8H2,1H3,(H,21,24)/t13-,15-/m1/s1. The molecule has 0 bridgehead atoms. The third-order valence-electron chi connectivity index (χ3n) is 3.43. The number of carbonyl (C=O) groups is 1. The van der Waals surface area contributed by atoms with Crippen LogP contribution in [0.2, 0.25) is 0 Å². The van der Waals surface area contributed by atoms with Gasteiger partial charge in [-0.05, 0) is 23.8 Å². The van der Waals surface area contributed by atoms with Crippen molar-refractivity contribution in [1.29, 1.82) is 0 Å². The van der Waals surface area contributed by atoms with Gasteiger partial charge in [-0.1, -0.05) is 12.1 Å². The maximum absolute atomic E-state index is 13.2. The molecule has 2 N–H and O–H groups in total. The van der Waals surface area contributed by atoms with Crippen molar-refractivity contribution in [3.63, 3.8) is 0 Å². The Morgan fingerprint density at radius 2 is 2.00 bits per heavy atom. The fourth-order valence-electron chi connectivity index (χ4n) is 2.28. The van der Waals surface area contributed by atoms with E-state index in [2.05, 4.69) is 0 Å². The lowest BCUT2D eigenvalue weighted by molar-refractivity contribution is -0.164. The highest BCUT2D eigenvalue weighted by molar-refractivity contribution is 5.77. The predicted molar refractivity (Wildman–Crippen MR) is 78.3 cm³/mol. The van der Waals surface area contributed by atoms with Crippen LogP contribution in [-0.4, -0.2) is 21.8 Å². The van der Waals surface area contributed by atoms with Crippen molar-refractivity contribution in [1.82, 2.24) is 9.88 Å². The molecule has 0 spiro atoms. The van der Waals surface area contributed by atoms with Crippen LogP contribution in [0.4, 0.5) is 17.6 Å². The zero-order chi connectivity index (χ0) is 17.9. The van der Waals surface area contributed by atoms with Crippen LogP contribution in [0.25, 0.3) is 0 Å². The summed E-state index contributed by atoms with van der Waals surface area (Å²) >= 11 is 0. The van der Waals surface area contributed by atoms with Crippen molar-refractivity contribution in [3.05, 3.63) is 59.7 Å². The number of nitrogens with zero attached hydrogens (tertiary/aromatic N) is 1. The van der Waals surface area contributed by atoms with Crippen LogP contribution in [0.1, 0.15) is 29.7 Å². The second-order valence-corrected chi connectivity index (χ2v) is 5.43. The average molecular weight is 344 g/mol. The molecule has 8 heteroatoms. The van der Waals surface area contributed by atoms with E-state index >= 15 is 0 Å². The molecule has 24 heavy (non-hydrogen) atoms.